The Morgan fingerprint density at radius 1 is 1.25 bits per heavy atom. The van der Waals surface area contributed by atoms with Crippen molar-refractivity contribution in [2.75, 3.05) is 20.0 Å². The molecule has 1 aromatic rings. The molecule has 2 aliphatic rings. The van der Waals surface area contributed by atoms with Crippen LogP contribution < -0.4 is 14.2 Å². The zero-order valence-electron chi connectivity index (χ0n) is 11.5. The molecule has 0 aliphatic carbocycles. The minimum Gasteiger partial charge on any atom is -0.493 e. The summed E-state index contributed by atoms with van der Waals surface area (Å²) in [5.74, 6) is 2.01. The molecule has 3 rings (SSSR count). The third kappa shape index (κ3) is 2.99. The average molecular weight is 280 g/mol. The number of hydrogen-bond donors (Lipinski definition) is 1. The van der Waals surface area contributed by atoms with Gasteiger partial charge < -0.3 is 24.1 Å². The highest BCUT2D eigenvalue weighted by atomic mass is 16.7. The largest absolute Gasteiger partial charge is 0.493 e. The quantitative estimate of drug-likeness (QED) is 0.810. The first kappa shape index (κ1) is 13.5. The molecule has 0 spiro atoms. The van der Waals surface area contributed by atoms with Crippen LogP contribution in [0.4, 0.5) is 0 Å². The van der Waals surface area contributed by atoms with E-state index in [-0.39, 0.29) is 13.4 Å². The van der Waals surface area contributed by atoms with Gasteiger partial charge in [-0.05, 0) is 31.7 Å². The van der Waals surface area contributed by atoms with Crippen LogP contribution >= 0.6 is 0 Å². The third-order valence-corrected chi connectivity index (χ3v) is 3.68. The number of rotatable bonds is 6. The van der Waals surface area contributed by atoms with Gasteiger partial charge in [0.05, 0.1) is 19.3 Å². The Morgan fingerprint density at radius 2 is 2.10 bits per heavy atom. The normalized spacial score (nSPS) is 20.4. The monoisotopic (exact) mass is 280 g/mol. The summed E-state index contributed by atoms with van der Waals surface area (Å²) >= 11 is 0. The molecule has 1 saturated heterocycles. The minimum atomic E-state index is -0.0717. The number of aliphatic hydroxyl groups is 1. The van der Waals surface area contributed by atoms with Crippen LogP contribution in [0.5, 0.6) is 17.2 Å². The van der Waals surface area contributed by atoms with E-state index in [9.17, 15) is 5.11 Å². The number of hydrogen-bond acceptors (Lipinski definition) is 5. The second-order valence-electron chi connectivity index (χ2n) is 5.10. The lowest BCUT2D eigenvalue weighted by molar-refractivity contribution is 0.0979. The Labute approximate surface area is 118 Å². The summed E-state index contributed by atoms with van der Waals surface area (Å²) in [6, 6.07) is 3.57. The van der Waals surface area contributed by atoms with Crippen molar-refractivity contribution in [2.24, 2.45) is 0 Å². The van der Waals surface area contributed by atoms with Crippen LogP contribution in [-0.4, -0.2) is 31.2 Å². The first-order chi connectivity index (χ1) is 9.86. The fourth-order valence-corrected chi connectivity index (χ4v) is 2.59. The lowest BCUT2D eigenvalue weighted by Crippen LogP contribution is -2.08. The fourth-order valence-electron chi connectivity index (χ4n) is 2.59. The van der Waals surface area contributed by atoms with Gasteiger partial charge in [-0.1, -0.05) is 0 Å². The van der Waals surface area contributed by atoms with Gasteiger partial charge >= 0.3 is 0 Å². The van der Waals surface area contributed by atoms with E-state index in [2.05, 4.69) is 0 Å². The minimum absolute atomic E-state index is 0.0717. The topological polar surface area (TPSA) is 57.2 Å². The number of benzene rings is 1. The van der Waals surface area contributed by atoms with Crippen molar-refractivity contribution in [1.82, 2.24) is 0 Å². The molecule has 0 radical (unpaired) electrons. The van der Waals surface area contributed by atoms with Gasteiger partial charge in [-0.15, -0.1) is 0 Å². The highest BCUT2D eigenvalue weighted by Gasteiger charge is 2.18. The van der Waals surface area contributed by atoms with E-state index < -0.39 is 0 Å². The number of ether oxygens (including phenoxy) is 4. The van der Waals surface area contributed by atoms with Crippen LogP contribution in [0.2, 0.25) is 0 Å². The Hall–Kier alpha value is -1.46. The molecule has 2 heterocycles. The van der Waals surface area contributed by atoms with E-state index >= 15 is 0 Å². The maximum Gasteiger partial charge on any atom is 0.231 e. The zero-order chi connectivity index (χ0) is 13.8. The van der Waals surface area contributed by atoms with Gasteiger partial charge in [0.25, 0.3) is 0 Å². The smallest absolute Gasteiger partial charge is 0.231 e. The van der Waals surface area contributed by atoms with E-state index in [1.807, 2.05) is 0 Å². The van der Waals surface area contributed by atoms with Crippen molar-refractivity contribution in [3.05, 3.63) is 17.7 Å². The predicted molar refractivity (Wildman–Crippen MR) is 72.2 cm³/mol. The van der Waals surface area contributed by atoms with Gasteiger partial charge in [0.2, 0.25) is 6.79 Å². The van der Waals surface area contributed by atoms with Crippen molar-refractivity contribution in [3.63, 3.8) is 0 Å². The first-order valence-electron chi connectivity index (χ1n) is 7.14. The third-order valence-electron chi connectivity index (χ3n) is 3.68. The zero-order valence-corrected chi connectivity index (χ0v) is 11.5. The molecule has 20 heavy (non-hydrogen) atoms. The Kier molecular flexibility index (Phi) is 4.28. The molecule has 0 aromatic heterocycles. The molecule has 0 bridgehead atoms. The van der Waals surface area contributed by atoms with E-state index in [4.69, 9.17) is 18.9 Å². The predicted octanol–water partition coefficient (Wildman–Crippen LogP) is 2.25. The van der Waals surface area contributed by atoms with Crippen LogP contribution in [0.25, 0.3) is 0 Å². The average Bonchev–Trinajstić information content (AvgIpc) is 3.13. The molecular formula is C15H20O5. The Bertz CT molecular complexity index is 454. The van der Waals surface area contributed by atoms with Crippen molar-refractivity contribution in [3.8, 4) is 17.2 Å². The van der Waals surface area contributed by atoms with Crippen LogP contribution in [0.15, 0.2) is 12.1 Å². The second kappa shape index (κ2) is 6.33. The summed E-state index contributed by atoms with van der Waals surface area (Å²) in [7, 11) is 0. The SMILES string of the molecule is OCc1cc2c(cc1OCCCC1CCCO1)OCO2. The van der Waals surface area contributed by atoms with E-state index in [0.717, 1.165) is 31.4 Å². The highest BCUT2D eigenvalue weighted by molar-refractivity contribution is 5.51. The molecule has 110 valence electrons. The van der Waals surface area contributed by atoms with E-state index in [1.165, 1.54) is 6.42 Å². The van der Waals surface area contributed by atoms with Crippen LogP contribution in [0.3, 0.4) is 0 Å². The Balaban J connectivity index is 1.53. The summed E-state index contributed by atoms with van der Waals surface area (Å²) in [6.07, 6.45) is 4.70. The summed E-state index contributed by atoms with van der Waals surface area (Å²) in [6.45, 7) is 1.66. The molecular weight excluding hydrogens is 260 g/mol. The summed E-state index contributed by atoms with van der Waals surface area (Å²) in [5.41, 5.74) is 0.728. The lowest BCUT2D eigenvalue weighted by Gasteiger charge is -2.13. The molecule has 1 fully saturated rings. The van der Waals surface area contributed by atoms with Crippen molar-refractivity contribution in [1.29, 1.82) is 0 Å². The van der Waals surface area contributed by atoms with Crippen molar-refractivity contribution >= 4 is 0 Å². The highest BCUT2D eigenvalue weighted by Crippen LogP contribution is 2.38. The molecule has 0 saturated carbocycles. The molecule has 1 aromatic carbocycles. The molecule has 0 amide bonds. The van der Waals surface area contributed by atoms with Gasteiger partial charge in [0, 0.05) is 18.2 Å². The second-order valence-corrected chi connectivity index (χ2v) is 5.10. The summed E-state index contributed by atoms with van der Waals surface area (Å²) < 4.78 is 21.9. The first-order valence-corrected chi connectivity index (χ1v) is 7.14. The lowest BCUT2D eigenvalue weighted by atomic mass is 10.1. The molecule has 5 nitrogen and oxygen atoms in total. The fraction of sp³-hybridized carbons (Fsp3) is 0.600. The number of aliphatic hydroxyl groups excluding tert-OH is 1. The maximum absolute atomic E-state index is 9.38. The van der Waals surface area contributed by atoms with Gasteiger partial charge in [0.1, 0.15) is 5.75 Å². The molecule has 1 N–H and O–H groups in total. The van der Waals surface area contributed by atoms with Crippen molar-refractivity contribution in [2.45, 2.75) is 38.4 Å². The molecule has 2 aliphatic heterocycles. The van der Waals surface area contributed by atoms with Crippen molar-refractivity contribution < 1.29 is 24.1 Å². The van der Waals surface area contributed by atoms with Gasteiger partial charge in [-0.2, -0.15) is 0 Å². The van der Waals surface area contributed by atoms with E-state index in [0.29, 0.717) is 30.0 Å². The van der Waals surface area contributed by atoms with E-state index in [1.54, 1.807) is 12.1 Å². The van der Waals surface area contributed by atoms with Crippen LogP contribution in [0.1, 0.15) is 31.2 Å². The molecule has 1 unspecified atom stereocenters. The molecule has 5 heteroatoms. The van der Waals surface area contributed by atoms with Gasteiger partial charge in [-0.3, -0.25) is 0 Å². The van der Waals surface area contributed by atoms with Crippen LogP contribution in [-0.2, 0) is 11.3 Å². The standard InChI is InChI=1S/C15H20O5/c16-9-11-7-14-15(20-10-19-14)8-13(11)18-6-2-4-12-3-1-5-17-12/h7-8,12,16H,1-6,9-10H2. The van der Waals surface area contributed by atoms with Gasteiger partial charge in [0.15, 0.2) is 11.5 Å². The summed E-state index contributed by atoms with van der Waals surface area (Å²) in [5, 5.41) is 9.38. The van der Waals surface area contributed by atoms with Crippen LogP contribution in [0, 0.1) is 0 Å². The maximum atomic E-state index is 9.38. The summed E-state index contributed by atoms with van der Waals surface area (Å²) in [4.78, 5) is 0. The number of fused-ring (bicyclic) bond motifs is 1. The molecule has 1 atom stereocenters. The Morgan fingerprint density at radius 3 is 2.85 bits per heavy atom. The van der Waals surface area contributed by atoms with Gasteiger partial charge in [-0.25, -0.2) is 0 Å².